The quantitative estimate of drug-likeness (QED) is 0.831. The minimum absolute atomic E-state index is 0.307. The van der Waals surface area contributed by atoms with Gasteiger partial charge in [0.05, 0.1) is 12.2 Å². The standard InChI is InChI=1S/C13H24N4O/c1-4-14-11(12-7-6-10(3)18-12)8-13-15-9-16-17(13)5-2/h9-12,14H,4-8H2,1-3H3. The van der Waals surface area contributed by atoms with Crippen molar-refractivity contribution in [1.29, 1.82) is 0 Å². The third-order valence-electron chi connectivity index (χ3n) is 3.58. The predicted molar refractivity (Wildman–Crippen MR) is 70.4 cm³/mol. The van der Waals surface area contributed by atoms with Gasteiger partial charge in [-0.15, -0.1) is 0 Å². The highest BCUT2D eigenvalue weighted by Crippen LogP contribution is 2.23. The summed E-state index contributed by atoms with van der Waals surface area (Å²) in [6, 6.07) is 0.342. The summed E-state index contributed by atoms with van der Waals surface area (Å²) >= 11 is 0. The van der Waals surface area contributed by atoms with Crippen molar-refractivity contribution in [2.24, 2.45) is 0 Å². The number of likely N-dealkylation sites (N-methyl/N-ethyl adjacent to an activating group) is 1. The number of hydrogen-bond acceptors (Lipinski definition) is 4. The van der Waals surface area contributed by atoms with E-state index in [-0.39, 0.29) is 0 Å². The van der Waals surface area contributed by atoms with Crippen LogP contribution in [0.15, 0.2) is 6.33 Å². The zero-order chi connectivity index (χ0) is 13.0. The Labute approximate surface area is 109 Å². The fourth-order valence-electron chi connectivity index (χ4n) is 2.63. The van der Waals surface area contributed by atoms with Crippen molar-refractivity contribution in [3.63, 3.8) is 0 Å². The molecular weight excluding hydrogens is 228 g/mol. The third-order valence-corrected chi connectivity index (χ3v) is 3.58. The van der Waals surface area contributed by atoms with Gasteiger partial charge in [0.25, 0.3) is 0 Å². The zero-order valence-electron chi connectivity index (χ0n) is 11.6. The lowest BCUT2D eigenvalue weighted by Gasteiger charge is -2.24. The maximum Gasteiger partial charge on any atom is 0.138 e. The topological polar surface area (TPSA) is 52.0 Å². The highest BCUT2D eigenvalue weighted by Gasteiger charge is 2.30. The summed E-state index contributed by atoms with van der Waals surface area (Å²) in [7, 11) is 0. The molecule has 1 fully saturated rings. The zero-order valence-corrected chi connectivity index (χ0v) is 11.6. The second kappa shape index (κ2) is 6.29. The molecule has 1 N–H and O–H groups in total. The maximum absolute atomic E-state index is 5.98. The number of aromatic nitrogens is 3. The molecule has 0 aromatic carbocycles. The molecule has 102 valence electrons. The number of hydrogen-bond donors (Lipinski definition) is 1. The van der Waals surface area contributed by atoms with E-state index < -0.39 is 0 Å². The molecule has 0 aliphatic carbocycles. The van der Waals surface area contributed by atoms with E-state index in [0.29, 0.717) is 18.2 Å². The Morgan fingerprint density at radius 1 is 1.50 bits per heavy atom. The van der Waals surface area contributed by atoms with Crippen LogP contribution in [0, 0.1) is 0 Å². The summed E-state index contributed by atoms with van der Waals surface area (Å²) in [5, 5.41) is 7.75. The molecule has 1 aliphatic heterocycles. The summed E-state index contributed by atoms with van der Waals surface area (Å²) in [5.74, 6) is 1.05. The van der Waals surface area contributed by atoms with Gasteiger partial charge in [-0.25, -0.2) is 4.98 Å². The molecule has 1 aliphatic rings. The lowest BCUT2D eigenvalue weighted by atomic mass is 10.0. The molecule has 1 aromatic heterocycles. The Balaban J connectivity index is 2.01. The van der Waals surface area contributed by atoms with Crippen LogP contribution in [0.1, 0.15) is 39.4 Å². The van der Waals surface area contributed by atoms with Gasteiger partial charge in [0.1, 0.15) is 12.2 Å². The number of nitrogens with zero attached hydrogens (tertiary/aromatic N) is 3. The highest BCUT2D eigenvalue weighted by atomic mass is 16.5. The van der Waals surface area contributed by atoms with Gasteiger partial charge >= 0.3 is 0 Å². The van der Waals surface area contributed by atoms with Gasteiger partial charge in [0, 0.05) is 19.0 Å². The van der Waals surface area contributed by atoms with Gasteiger partial charge in [-0.2, -0.15) is 5.10 Å². The van der Waals surface area contributed by atoms with E-state index in [4.69, 9.17) is 4.74 Å². The van der Waals surface area contributed by atoms with E-state index in [2.05, 4.69) is 36.2 Å². The van der Waals surface area contributed by atoms with Crippen LogP contribution in [0.3, 0.4) is 0 Å². The first-order valence-electron chi connectivity index (χ1n) is 7.00. The molecule has 5 nitrogen and oxygen atoms in total. The Morgan fingerprint density at radius 3 is 2.94 bits per heavy atom. The van der Waals surface area contributed by atoms with Crippen molar-refractivity contribution in [2.45, 2.75) is 64.8 Å². The number of nitrogens with one attached hydrogen (secondary N) is 1. The molecule has 3 unspecified atom stereocenters. The molecular formula is C13H24N4O. The molecule has 0 amide bonds. The first-order chi connectivity index (χ1) is 8.74. The van der Waals surface area contributed by atoms with Crippen molar-refractivity contribution in [2.75, 3.05) is 6.54 Å². The fourth-order valence-corrected chi connectivity index (χ4v) is 2.63. The van der Waals surface area contributed by atoms with Gasteiger partial charge in [0.2, 0.25) is 0 Å². The fraction of sp³-hybridized carbons (Fsp3) is 0.846. The Bertz CT molecular complexity index is 366. The molecule has 0 spiro atoms. The van der Waals surface area contributed by atoms with Crippen LogP contribution in [0.5, 0.6) is 0 Å². The van der Waals surface area contributed by atoms with Crippen LogP contribution in [0.25, 0.3) is 0 Å². The normalized spacial score (nSPS) is 25.5. The van der Waals surface area contributed by atoms with Gasteiger partial charge < -0.3 is 10.1 Å². The minimum atomic E-state index is 0.307. The Hall–Kier alpha value is -0.940. The molecule has 1 saturated heterocycles. The van der Waals surface area contributed by atoms with E-state index in [1.165, 1.54) is 0 Å². The van der Waals surface area contributed by atoms with Crippen LogP contribution in [-0.2, 0) is 17.7 Å². The second-order valence-corrected chi connectivity index (χ2v) is 4.92. The number of rotatable bonds is 6. The van der Waals surface area contributed by atoms with Gasteiger partial charge in [-0.1, -0.05) is 6.92 Å². The van der Waals surface area contributed by atoms with Gasteiger partial charge in [0.15, 0.2) is 0 Å². The monoisotopic (exact) mass is 252 g/mol. The molecule has 2 heterocycles. The highest BCUT2D eigenvalue weighted by molar-refractivity contribution is 4.94. The predicted octanol–water partition coefficient (Wildman–Crippen LogP) is 1.39. The van der Waals surface area contributed by atoms with Crippen LogP contribution in [0.4, 0.5) is 0 Å². The molecule has 2 rings (SSSR count). The molecule has 5 heteroatoms. The lowest BCUT2D eigenvalue weighted by Crippen LogP contribution is -2.42. The van der Waals surface area contributed by atoms with Crippen LogP contribution in [0.2, 0.25) is 0 Å². The van der Waals surface area contributed by atoms with Crippen molar-refractivity contribution in [1.82, 2.24) is 20.1 Å². The first kappa shape index (κ1) is 13.5. The molecule has 18 heavy (non-hydrogen) atoms. The van der Waals surface area contributed by atoms with E-state index in [9.17, 15) is 0 Å². The summed E-state index contributed by atoms with van der Waals surface area (Å²) in [6.07, 6.45) is 5.52. The average Bonchev–Trinajstić information content (AvgIpc) is 2.97. The molecule has 3 atom stereocenters. The second-order valence-electron chi connectivity index (χ2n) is 4.92. The van der Waals surface area contributed by atoms with E-state index in [1.807, 2.05) is 4.68 Å². The summed E-state index contributed by atoms with van der Waals surface area (Å²) in [4.78, 5) is 4.36. The average molecular weight is 252 g/mol. The Morgan fingerprint density at radius 2 is 2.33 bits per heavy atom. The van der Waals surface area contributed by atoms with Crippen molar-refractivity contribution in [3.8, 4) is 0 Å². The van der Waals surface area contributed by atoms with Gasteiger partial charge in [-0.05, 0) is 33.2 Å². The molecule has 0 radical (unpaired) electrons. The number of aryl methyl sites for hydroxylation is 1. The molecule has 1 aromatic rings. The maximum atomic E-state index is 5.98. The largest absolute Gasteiger partial charge is 0.374 e. The molecule has 0 saturated carbocycles. The Kier molecular flexibility index (Phi) is 4.72. The summed E-state index contributed by atoms with van der Waals surface area (Å²) < 4.78 is 7.94. The van der Waals surface area contributed by atoms with Crippen LogP contribution >= 0.6 is 0 Å². The van der Waals surface area contributed by atoms with Crippen LogP contribution in [-0.4, -0.2) is 39.6 Å². The SMILES string of the molecule is CCNC(Cc1ncnn1CC)C1CCC(C)O1. The lowest BCUT2D eigenvalue weighted by molar-refractivity contribution is 0.0317. The van der Waals surface area contributed by atoms with E-state index >= 15 is 0 Å². The van der Waals surface area contributed by atoms with Crippen molar-refractivity contribution in [3.05, 3.63) is 12.2 Å². The summed E-state index contributed by atoms with van der Waals surface area (Å²) in [5.41, 5.74) is 0. The summed E-state index contributed by atoms with van der Waals surface area (Å²) in [6.45, 7) is 8.21. The third kappa shape index (κ3) is 3.09. The van der Waals surface area contributed by atoms with Gasteiger partial charge in [-0.3, -0.25) is 4.68 Å². The smallest absolute Gasteiger partial charge is 0.138 e. The van der Waals surface area contributed by atoms with Crippen molar-refractivity contribution >= 4 is 0 Å². The minimum Gasteiger partial charge on any atom is -0.374 e. The van der Waals surface area contributed by atoms with Crippen LogP contribution < -0.4 is 5.32 Å². The molecule has 0 bridgehead atoms. The van der Waals surface area contributed by atoms with Crippen molar-refractivity contribution < 1.29 is 4.74 Å². The first-order valence-corrected chi connectivity index (χ1v) is 7.00. The van der Waals surface area contributed by atoms with E-state index in [1.54, 1.807) is 6.33 Å². The van der Waals surface area contributed by atoms with E-state index in [0.717, 1.165) is 38.2 Å². The number of ether oxygens (including phenoxy) is 1.